The van der Waals surface area contributed by atoms with E-state index in [-0.39, 0.29) is 24.0 Å². The Labute approximate surface area is 197 Å². The Morgan fingerprint density at radius 3 is 2.77 bits per heavy atom. The van der Waals surface area contributed by atoms with E-state index < -0.39 is 0 Å². The minimum atomic E-state index is 0. The molecule has 0 bridgehead atoms. The maximum Gasteiger partial charge on any atom is 0.191 e. The van der Waals surface area contributed by atoms with Gasteiger partial charge >= 0.3 is 0 Å². The first-order chi connectivity index (χ1) is 14.3. The highest BCUT2D eigenvalue weighted by Gasteiger charge is 2.27. The van der Waals surface area contributed by atoms with Gasteiger partial charge in [-0.05, 0) is 56.0 Å². The van der Waals surface area contributed by atoms with Crippen molar-refractivity contribution in [1.82, 2.24) is 25.3 Å². The van der Waals surface area contributed by atoms with E-state index in [0.29, 0.717) is 6.04 Å². The molecule has 1 saturated heterocycles. The monoisotopic (exact) mass is 522 g/mol. The maximum atomic E-state index is 4.47. The van der Waals surface area contributed by atoms with Crippen LogP contribution in [0.25, 0.3) is 5.69 Å². The first-order valence-electron chi connectivity index (χ1n) is 11.1. The smallest absolute Gasteiger partial charge is 0.191 e. The summed E-state index contributed by atoms with van der Waals surface area (Å²) in [6.45, 7) is 3.14. The fourth-order valence-electron chi connectivity index (χ4n) is 4.71. The van der Waals surface area contributed by atoms with Crippen molar-refractivity contribution in [2.45, 2.75) is 63.6 Å². The normalized spacial score (nSPS) is 21.1. The summed E-state index contributed by atoms with van der Waals surface area (Å²) < 4.78 is 1.89. The number of aromatic nitrogens is 2. The molecule has 2 aliphatic rings. The third-order valence-electron chi connectivity index (χ3n) is 6.25. The molecule has 1 aromatic carbocycles. The van der Waals surface area contributed by atoms with Gasteiger partial charge in [-0.1, -0.05) is 31.4 Å². The molecule has 2 heterocycles. The summed E-state index contributed by atoms with van der Waals surface area (Å²) >= 11 is 0. The molecule has 7 heteroatoms. The second-order valence-electron chi connectivity index (χ2n) is 8.32. The zero-order chi connectivity index (χ0) is 19.9. The van der Waals surface area contributed by atoms with E-state index in [9.17, 15) is 0 Å². The Morgan fingerprint density at radius 2 is 2.00 bits per heavy atom. The molecular weight excluding hydrogens is 487 g/mol. The summed E-state index contributed by atoms with van der Waals surface area (Å²) in [5, 5.41) is 11.5. The molecule has 2 fully saturated rings. The predicted octanol–water partition coefficient (Wildman–Crippen LogP) is 3.95. The zero-order valence-corrected chi connectivity index (χ0v) is 20.3. The molecule has 164 valence electrons. The third kappa shape index (κ3) is 6.20. The van der Waals surface area contributed by atoms with Crippen LogP contribution in [0.4, 0.5) is 0 Å². The van der Waals surface area contributed by atoms with Crippen LogP contribution < -0.4 is 10.6 Å². The number of nitrogens with zero attached hydrogens (tertiary/aromatic N) is 4. The van der Waals surface area contributed by atoms with Crippen molar-refractivity contribution in [1.29, 1.82) is 0 Å². The third-order valence-corrected chi connectivity index (χ3v) is 6.25. The SMILES string of the molecule is CN=C(NCc1cccc(-n2cccn2)c1)NC1CCCN(C2CCCCC2)C1.I. The summed E-state index contributed by atoms with van der Waals surface area (Å²) in [4.78, 5) is 7.19. The molecule has 6 nitrogen and oxygen atoms in total. The molecule has 1 unspecified atom stereocenters. The quantitative estimate of drug-likeness (QED) is 0.355. The number of piperidine rings is 1. The van der Waals surface area contributed by atoms with Gasteiger partial charge in [0.2, 0.25) is 0 Å². The van der Waals surface area contributed by atoms with Gasteiger partial charge < -0.3 is 10.6 Å². The number of guanidine groups is 1. The van der Waals surface area contributed by atoms with Crippen molar-refractivity contribution in [2.24, 2.45) is 4.99 Å². The number of aliphatic imine (C=N–C) groups is 1. The van der Waals surface area contributed by atoms with Crippen molar-refractivity contribution < 1.29 is 0 Å². The Bertz CT molecular complexity index is 785. The molecule has 1 aromatic heterocycles. The number of rotatable bonds is 5. The first-order valence-corrected chi connectivity index (χ1v) is 11.1. The summed E-state index contributed by atoms with van der Waals surface area (Å²) in [7, 11) is 1.86. The van der Waals surface area contributed by atoms with E-state index in [0.717, 1.165) is 30.8 Å². The van der Waals surface area contributed by atoms with Gasteiger partial charge in [-0.2, -0.15) is 5.10 Å². The minimum Gasteiger partial charge on any atom is -0.352 e. The molecule has 0 amide bonds. The fourth-order valence-corrected chi connectivity index (χ4v) is 4.71. The summed E-state index contributed by atoms with van der Waals surface area (Å²) in [5.41, 5.74) is 2.29. The van der Waals surface area contributed by atoms with Gasteiger partial charge in [-0.3, -0.25) is 9.89 Å². The van der Waals surface area contributed by atoms with E-state index in [1.54, 1.807) is 6.20 Å². The highest BCUT2D eigenvalue weighted by atomic mass is 127. The molecular formula is C23H35IN6. The lowest BCUT2D eigenvalue weighted by Crippen LogP contribution is -2.53. The van der Waals surface area contributed by atoms with Gasteiger partial charge in [0.05, 0.1) is 5.69 Å². The Hall–Kier alpha value is -1.61. The van der Waals surface area contributed by atoms with Crippen LogP contribution in [0.3, 0.4) is 0 Å². The van der Waals surface area contributed by atoms with Crippen molar-refractivity contribution in [2.75, 3.05) is 20.1 Å². The summed E-state index contributed by atoms with van der Waals surface area (Å²) in [5.74, 6) is 0.894. The molecule has 1 aliphatic carbocycles. The molecule has 1 aliphatic heterocycles. The van der Waals surface area contributed by atoms with Crippen molar-refractivity contribution in [3.05, 3.63) is 48.3 Å². The number of likely N-dealkylation sites (tertiary alicyclic amines) is 1. The van der Waals surface area contributed by atoms with E-state index in [4.69, 9.17) is 0 Å². The molecule has 4 rings (SSSR count). The van der Waals surface area contributed by atoms with Crippen LogP contribution in [-0.4, -0.2) is 52.9 Å². The van der Waals surface area contributed by atoms with Crippen LogP contribution in [0.1, 0.15) is 50.5 Å². The average Bonchev–Trinajstić information content (AvgIpc) is 3.33. The molecule has 1 atom stereocenters. The molecule has 30 heavy (non-hydrogen) atoms. The highest BCUT2D eigenvalue weighted by Crippen LogP contribution is 2.25. The van der Waals surface area contributed by atoms with Crippen molar-refractivity contribution >= 4 is 29.9 Å². The van der Waals surface area contributed by atoms with E-state index in [1.807, 2.05) is 24.0 Å². The summed E-state index contributed by atoms with van der Waals surface area (Å²) in [6, 6.07) is 11.7. The second-order valence-corrected chi connectivity index (χ2v) is 8.32. The molecule has 0 radical (unpaired) electrons. The van der Waals surface area contributed by atoms with Crippen LogP contribution in [-0.2, 0) is 6.54 Å². The van der Waals surface area contributed by atoms with E-state index in [1.165, 1.54) is 57.1 Å². The Morgan fingerprint density at radius 1 is 1.13 bits per heavy atom. The Balaban J connectivity index is 0.00000256. The van der Waals surface area contributed by atoms with Crippen LogP contribution in [0.15, 0.2) is 47.7 Å². The van der Waals surface area contributed by atoms with E-state index >= 15 is 0 Å². The number of benzene rings is 1. The van der Waals surface area contributed by atoms with Gasteiger partial charge in [0.15, 0.2) is 5.96 Å². The minimum absolute atomic E-state index is 0. The standard InChI is InChI=1S/C23H34N6.HI/c1-24-23(25-17-19-8-5-12-22(16-19)29-15-7-13-26-29)27-20-9-6-14-28(18-20)21-10-3-2-4-11-21;/h5,7-8,12-13,15-16,20-21H,2-4,6,9-11,14,17-18H2,1H3,(H2,24,25,27);1H. The predicted molar refractivity (Wildman–Crippen MR) is 134 cm³/mol. The van der Waals surface area contributed by atoms with Gasteiger partial charge in [-0.15, -0.1) is 24.0 Å². The maximum absolute atomic E-state index is 4.47. The van der Waals surface area contributed by atoms with Gasteiger partial charge in [0, 0.05) is 44.6 Å². The first kappa shape index (κ1) is 23.1. The van der Waals surface area contributed by atoms with Crippen molar-refractivity contribution in [3.8, 4) is 5.69 Å². The summed E-state index contributed by atoms with van der Waals surface area (Å²) in [6.07, 6.45) is 13.3. The van der Waals surface area contributed by atoms with Crippen molar-refractivity contribution in [3.63, 3.8) is 0 Å². The van der Waals surface area contributed by atoms with Gasteiger partial charge in [-0.25, -0.2) is 4.68 Å². The number of nitrogens with one attached hydrogen (secondary N) is 2. The highest BCUT2D eigenvalue weighted by molar-refractivity contribution is 14.0. The van der Waals surface area contributed by atoms with Crippen LogP contribution in [0.5, 0.6) is 0 Å². The van der Waals surface area contributed by atoms with Crippen LogP contribution in [0.2, 0.25) is 0 Å². The second kappa shape index (κ2) is 11.7. The van der Waals surface area contributed by atoms with E-state index in [2.05, 4.69) is 49.9 Å². The molecule has 1 saturated carbocycles. The van der Waals surface area contributed by atoms with Crippen LogP contribution >= 0.6 is 24.0 Å². The number of halogens is 1. The lowest BCUT2D eigenvalue weighted by atomic mass is 9.92. The number of hydrogen-bond acceptors (Lipinski definition) is 3. The average molecular weight is 522 g/mol. The Kier molecular flexibility index (Phi) is 8.99. The zero-order valence-electron chi connectivity index (χ0n) is 18.0. The van der Waals surface area contributed by atoms with Gasteiger partial charge in [0.1, 0.15) is 0 Å². The van der Waals surface area contributed by atoms with Crippen LogP contribution in [0, 0.1) is 0 Å². The molecule has 0 spiro atoms. The van der Waals surface area contributed by atoms with Gasteiger partial charge in [0.25, 0.3) is 0 Å². The largest absolute Gasteiger partial charge is 0.352 e. The lowest BCUT2D eigenvalue weighted by molar-refractivity contribution is 0.115. The topological polar surface area (TPSA) is 57.5 Å². The lowest BCUT2D eigenvalue weighted by Gasteiger charge is -2.40. The number of hydrogen-bond donors (Lipinski definition) is 2. The molecule has 2 aromatic rings. The molecule has 2 N–H and O–H groups in total. The fraction of sp³-hybridized carbons (Fsp3) is 0.565.